The number of para-hydroxylation sites is 3. The van der Waals surface area contributed by atoms with Crippen molar-refractivity contribution in [2.45, 2.75) is 6.18 Å². The van der Waals surface area contributed by atoms with Crippen molar-refractivity contribution in [3.05, 3.63) is 83.9 Å². The Morgan fingerprint density at radius 1 is 0.821 bits per heavy atom. The molecule has 0 saturated carbocycles. The standard InChI is InChI=1S/C22H15F3NO2/c1-26-17-11-5-2-8-14(17)20(15-9-3-6-12-18(15)26)21(27)28-19-13-7-4-10-16(19)22(23,24)25/h2-13H,1H3/q+1. The number of hydrogen-bond acceptors (Lipinski definition) is 2. The molecule has 4 aromatic rings. The highest BCUT2D eigenvalue weighted by molar-refractivity contribution is 6.13. The summed E-state index contributed by atoms with van der Waals surface area (Å²) in [5, 5.41) is 1.22. The van der Waals surface area contributed by atoms with Gasteiger partial charge in [-0.05, 0) is 24.3 Å². The molecule has 140 valence electrons. The monoisotopic (exact) mass is 382 g/mol. The van der Waals surface area contributed by atoms with E-state index in [9.17, 15) is 18.0 Å². The van der Waals surface area contributed by atoms with E-state index < -0.39 is 23.5 Å². The Kier molecular flexibility index (Phi) is 4.26. The molecule has 0 atom stereocenters. The van der Waals surface area contributed by atoms with Gasteiger partial charge in [-0.2, -0.15) is 17.7 Å². The van der Waals surface area contributed by atoms with E-state index in [1.165, 1.54) is 12.1 Å². The lowest BCUT2D eigenvalue weighted by Gasteiger charge is -2.14. The van der Waals surface area contributed by atoms with Crippen LogP contribution in [0.3, 0.4) is 0 Å². The third-order valence-corrected chi connectivity index (χ3v) is 4.67. The van der Waals surface area contributed by atoms with Crippen LogP contribution in [0.15, 0.2) is 72.8 Å². The summed E-state index contributed by atoms with van der Waals surface area (Å²) >= 11 is 0. The van der Waals surface area contributed by atoms with Gasteiger partial charge in [0.1, 0.15) is 12.8 Å². The smallest absolute Gasteiger partial charge is 0.419 e. The fourth-order valence-electron chi connectivity index (χ4n) is 3.39. The van der Waals surface area contributed by atoms with E-state index in [-0.39, 0.29) is 5.56 Å². The number of pyridine rings is 1. The van der Waals surface area contributed by atoms with Crippen molar-refractivity contribution in [2.24, 2.45) is 7.05 Å². The topological polar surface area (TPSA) is 30.2 Å². The van der Waals surface area contributed by atoms with Gasteiger partial charge in [0, 0.05) is 12.1 Å². The van der Waals surface area contributed by atoms with Gasteiger partial charge in [-0.15, -0.1) is 0 Å². The third-order valence-electron chi connectivity index (χ3n) is 4.67. The quantitative estimate of drug-likeness (QED) is 0.210. The minimum Gasteiger partial charge on any atom is -0.422 e. The summed E-state index contributed by atoms with van der Waals surface area (Å²) in [7, 11) is 1.87. The molecule has 0 saturated heterocycles. The second-order valence-electron chi connectivity index (χ2n) is 6.35. The van der Waals surface area contributed by atoms with E-state index in [1.54, 1.807) is 24.3 Å². The number of aryl methyl sites for hydroxylation is 1. The van der Waals surface area contributed by atoms with E-state index in [0.717, 1.165) is 23.2 Å². The highest BCUT2D eigenvalue weighted by Gasteiger charge is 2.35. The molecule has 3 nitrogen and oxygen atoms in total. The van der Waals surface area contributed by atoms with Crippen LogP contribution in [0, 0.1) is 0 Å². The Balaban J connectivity index is 1.92. The third kappa shape index (κ3) is 2.97. The Morgan fingerprint density at radius 2 is 1.32 bits per heavy atom. The lowest BCUT2D eigenvalue weighted by Crippen LogP contribution is -2.31. The number of ether oxygens (including phenoxy) is 1. The number of fused-ring (bicyclic) bond motifs is 2. The molecule has 0 N–H and O–H groups in total. The van der Waals surface area contributed by atoms with Gasteiger partial charge in [0.05, 0.1) is 21.9 Å². The number of hydrogen-bond donors (Lipinski definition) is 0. The minimum absolute atomic E-state index is 0.237. The van der Waals surface area contributed by atoms with E-state index in [0.29, 0.717) is 10.8 Å². The largest absolute Gasteiger partial charge is 0.422 e. The number of alkyl halides is 3. The normalized spacial score (nSPS) is 11.7. The van der Waals surface area contributed by atoms with Crippen LogP contribution < -0.4 is 9.30 Å². The molecule has 4 rings (SSSR count). The van der Waals surface area contributed by atoms with Crippen molar-refractivity contribution >= 4 is 27.8 Å². The van der Waals surface area contributed by atoms with Crippen LogP contribution >= 0.6 is 0 Å². The summed E-state index contributed by atoms with van der Waals surface area (Å²) in [5.41, 5.74) is 0.800. The van der Waals surface area contributed by atoms with Crippen LogP contribution in [-0.4, -0.2) is 5.97 Å². The highest BCUT2D eigenvalue weighted by atomic mass is 19.4. The lowest BCUT2D eigenvalue weighted by molar-refractivity contribution is -0.617. The predicted molar refractivity (Wildman–Crippen MR) is 99.0 cm³/mol. The molecule has 0 aliphatic heterocycles. The molecule has 0 aliphatic carbocycles. The Bertz CT molecular complexity index is 1160. The zero-order valence-electron chi connectivity index (χ0n) is 14.8. The second-order valence-corrected chi connectivity index (χ2v) is 6.35. The maximum atomic E-state index is 13.3. The van der Waals surface area contributed by atoms with Gasteiger partial charge in [-0.25, -0.2) is 4.79 Å². The molecule has 1 heterocycles. The fraction of sp³-hybridized carbons (Fsp3) is 0.0909. The first-order valence-corrected chi connectivity index (χ1v) is 8.56. The maximum Gasteiger partial charge on any atom is 0.419 e. The molecular weight excluding hydrogens is 367 g/mol. The van der Waals surface area contributed by atoms with Crippen LogP contribution in [0.4, 0.5) is 13.2 Å². The molecule has 6 heteroatoms. The van der Waals surface area contributed by atoms with Gasteiger partial charge in [-0.1, -0.05) is 36.4 Å². The summed E-state index contributed by atoms with van der Waals surface area (Å²) in [6, 6.07) is 19.1. The summed E-state index contributed by atoms with van der Waals surface area (Å²) in [6.45, 7) is 0. The number of rotatable bonds is 2. The summed E-state index contributed by atoms with van der Waals surface area (Å²) in [6.07, 6.45) is -4.62. The van der Waals surface area contributed by atoms with Gasteiger partial charge in [-0.3, -0.25) is 0 Å². The van der Waals surface area contributed by atoms with E-state index in [1.807, 2.05) is 35.9 Å². The average Bonchev–Trinajstić information content (AvgIpc) is 2.68. The first kappa shape index (κ1) is 18.0. The Labute approximate surface area is 158 Å². The van der Waals surface area contributed by atoms with Crippen LogP contribution in [0.1, 0.15) is 15.9 Å². The number of aromatic nitrogens is 1. The Morgan fingerprint density at radius 3 is 1.89 bits per heavy atom. The van der Waals surface area contributed by atoms with Gasteiger partial charge >= 0.3 is 12.1 Å². The molecule has 0 spiro atoms. The second kappa shape index (κ2) is 6.64. The number of carbonyl (C=O) groups excluding carboxylic acids is 1. The molecule has 0 amide bonds. The average molecular weight is 382 g/mol. The minimum atomic E-state index is -4.62. The SMILES string of the molecule is C[n+]1c2ccccc2c(C(=O)Oc2ccccc2C(F)(F)F)c2ccccc21. The molecule has 3 aromatic carbocycles. The molecule has 0 unspecified atom stereocenters. The van der Waals surface area contributed by atoms with Crippen molar-refractivity contribution in [1.29, 1.82) is 0 Å². The number of nitrogens with zero attached hydrogens (tertiary/aromatic N) is 1. The van der Waals surface area contributed by atoms with Crippen molar-refractivity contribution in [2.75, 3.05) is 0 Å². The molecule has 0 radical (unpaired) electrons. The molecular formula is C22H15F3NO2+. The number of benzene rings is 3. The van der Waals surface area contributed by atoms with Crippen molar-refractivity contribution < 1.29 is 27.3 Å². The number of halogens is 3. The van der Waals surface area contributed by atoms with Crippen molar-refractivity contribution in [1.82, 2.24) is 0 Å². The number of carbonyl (C=O) groups is 1. The van der Waals surface area contributed by atoms with Crippen LogP contribution in [0.25, 0.3) is 21.8 Å². The maximum absolute atomic E-state index is 13.3. The van der Waals surface area contributed by atoms with Crippen LogP contribution in [-0.2, 0) is 13.2 Å². The molecule has 0 bridgehead atoms. The van der Waals surface area contributed by atoms with Gasteiger partial charge < -0.3 is 4.74 Å². The first-order valence-electron chi connectivity index (χ1n) is 8.56. The summed E-state index contributed by atoms with van der Waals surface area (Å²) in [5.74, 6) is -1.34. The summed E-state index contributed by atoms with van der Waals surface area (Å²) < 4.78 is 47.0. The van der Waals surface area contributed by atoms with Crippen molar-refractivity contribution in [3.8, 4) is 5.75 Å². The zero-order chi connectivity index (χ0) is 19.9. The van der Waals surface area contributed by atoms with Gasteiger partial charge in [0.2, 0.25) is 11.0 Å². The zero-order valence-corrected chi connectivity index (χ0v) is 14.8. The van der Waals surface area contributed by atoms with Crippen LogP contribution in [0.5, 0.6) is 5.75 Å². The molecule has 28 heavy (non-hydrogen) atoms. The molecule has 0 fully saturated rings. The fourth-order valence-corrected chi connectivity index (χ4v) is 3.39. The van der Waals surface area contributed by atoms with Gasteiger partial charge in [0.25, 0.3) is 0 Å². The van der Waals surface area contributed by atoms with Crippen LogP contribution in [0.2, 0.25) is 0 Å². The number of esters is 1. The van der Waals surface area contributed by atoms with Crippen molar-refractivity contribution in [3.63, 3.8) is 0 Å². The Hall–Kier alpha value is -3.41. The predicted octanol–water partition coefficient (Wildman–Crippen LogP) is 5.06. The summed E-state index contributed by atoms with van der Waals surface area (Å²) in [4.78, 5) is 13.0. The van der Waals surface area contributed by atoms with E-state index in [2.05, 4.69) is 0 Å². The van der Waals surface area contributed by atoms with Gasteiger partial charge in [0.15, 0.2) is 0 Å². The lowest BCUT2D eigenvalue weighted by atomic mass is 10.0. The van der Waals surface area contributed by atoms with E-state index >= 15 is 0 Å². The van der Waals surface area contributed by atoms with E-state index in [4.69, 9.17) is 4.74 Å². The molecule has 0 aliphatic rings. The highest BCUT2D eigenvalue weighted by Crippen LogP contribution is 2.36. The molecule has 1 aromatic heterocycles. The first-order chi connectivity index (χ1) is 13.4.